The van der Waals surface area contributed by atoms with Crippen LogP contribution in [0.4, 0.5) is 0 Å². The van der Waals surface area contributed by atoms with Crippen molar-refractivity contribution < 1.29 is 9.90 Å². The molecule has 2 aromatic heterocycles. The van der Waals surface area contributed by atoms with Gasteiger partial charge in [0, 0.05) is 6.20 Å². The van der Waals surface area contributed by atoms with E-state index in [0.29, 0.717) is 23.6 Å². The number of nitrogens with zero attached hydrogens (tertiary/aromatic N) is 4. The molecule has 17 heavy (non-hydrogen) atoms. The van der Waals surface area contributed by atoms with Crippen LogP contribution in [0.1, 0.15) is 29.4 Å². The fraction of sp³-hybridized carbons (Fsp3) is 0.300. The van der Waals surface area contributed by atoms with Crippen molar-refractivity contribution in [2.45, 2.75) is 19.8 Å². The third-order valence-corrected chi connectivity index (χ3v) is 2.23. The lowest BCUT2D eigenvalue weighted by Gasteiger charge is -2.04. The summed E-state index contributed by atoms with van der Waals surface area (Å²) >= 11 is 0. The molecule has 0 unspecified atom stereocenters. The van der Waals surface area contributed by atoms with Crippen LogP contribution in [-0.4, -0.2) is 36.5 Å². The number of nitrogens with one attached hydrogen (secondary N) is 1. The number of aromatic amines is 1. The van der Waals surface area contributed by atoms with E-state index in [0.717, 1.165) is 6.42 Å². The number of aromatic nitrogens is 5. The second-order valence-electron chi connectivity index (χ2n) is 3.46. The number of hydrogen-bond donors (Lipinski definition) is 2. The van der Waals surface area contributed by atoms with Gasteiger partial charge >= 0.3 is 5.97 Å². The molecule has 2 N–H and O–H groups in total. The Morgan fingerprint density at radius 2 is 2.29 bits per heavy atom. The molecule has 0 saturated carbocycles. The van der Waals surface area contributed by atoms with Gasteiger partial charge in [-0.2, -0.15) is 15.4 Å². The molecule has 0 radical (unpaired) electrons. The molecule has 0 aromatic carbocycles. The predicted molar refractivity (Wildman–Crippen MR) is 58.4 cm³/mol. The van der Waals surface area contributed by atoms with Crippen LogP contribution in [0, 0.1) is 0 Å². The molecule has 2 aromatic rings. The van der Waals surface area contributed by atoms with Crippen molar-refractivity contribution in [3.05, 3.63) is 23.7 Å². The zero-order valence-electron chi connectivity index (χ0n) is 9.21. The van der Waals surface area contributed by atoms with Crippen LogP contribution in [0.3, 0.4) is 0 Å². The fourth-order valence-corrected chi connectivity index (χ4v) is 1.46. The van der Waals surface area contributed by atoms with E-state index in [1.807, 2.05) is 6.92 Å². The average Bonchev–Trinajstić information content (AvgIpc) is 2.82. The smallest absolute Gasteiger partial charge is 0.339 e. The van der Waals surface area contributed by atoms with E-state index < -0.39 is 5.97 Å². The number of H-pyrrole nitrogens is 1. The SMILES string of the molecule is CCCc1nc(-c2cn[nH]n2)ncc1C(=O)O. The Morgan fingerprint density at radius 3 is 2.88 bits per heavy atom. The molecule has 2 rings (SSSR count). The van der Waals surface area contributed by atoms with Crippen molar-refractivity contribution in [3.8, 4) is 11.5 Å². The van der Waals surface area contributed by atoms with Crippen LogP contribution in [-0.2, 0) is 6.42 Å². The lowest BCUT2D eigenvalue weighted by atomic mass is 10.1. The lowest BCUT2D eigenvalue weighted by molar-refractivity contribution is 0.0694. The zero-order valence-corrected chi connectivity index (χ0v) is 9.21. The first kappa shape index (κ1) is 11.2. The fourth-order valence-electron chi connectivity index (χ4n) is 1.46. The highest BCUT2D eigenvalue weighted by molar-refractivity contribution is 5.88. The van der Waals surface area contributed by atoms with Gasteiger partial charge in [-0.05, 0) is 6.42 Å². The van der Waals surface area contributed by atoms with Crippen molar-refractivity contribution in [2.24, 2.45) is 0 Å². The maximum absolute atomic E-state index is 11.0. The summed E-state index contributed by atoms with van der Waals surface area (Å²) in [5.74, 6) is -0.632. The third-order valence-electron chi connectivity index (χ3n) is 2.23. The maximum atomic E-state index is 11.0. The molecule has 88 valence electrons. The predicted octanol–water partition coefficient (Wildman–Crippen LogP) is 0.912. The molecule has 0 saturated heterocycles. The molecule has 0 aliphatic heterocycles. The normalized spacial score (nSPS) is 10.4. The summed E-state index contributed by atoms with van der Waals surface area (Å²) < 4.78 is 0. The first-order valence-corrected chi connectivity index (χ1v) is 5.17. The van der Waals surface area contributed by atoms with Crippen LogP contribution in [0.15, 0.2) is 12.4 Å². The number of rotatable bonds is 4. The summed E-state index contributed by atoms with van der Waals surface area (Å²) in [6.07, 6.45) is 4.21. The molecule has 7 heteroatoms. The topological polar surface area (TPSA) is 105 Å². The van der Waals surface area contributed by atoms with E-state index in [4.69, 9.17) is 5.11 Å². The second kappa shape index (κ2) is 4.69. The maximum Gasteiger partial charge on any atom is 0.339 e. The van der Waals surface area contributed by atoms with Gasteiger partial charge in [0.1, 0.15) is 5.69 Å². The average molecular weight is 233 g/mol. The number of carboxylic acid groups (broad SMARTS) is 1. The van der Waals surface area contributed by atoms with Crippen molar-refractivity contribution in [1.82, 2.24) is 25.4 Å². The minimum Gasteiger partial charge on any atom is -0.478 e. The standard InChI is InChI=1S/C10H11N5O2/c1-2-3-7-6(10(16)17)4-11-9(13-7)8-5-12-15-14-8/h4-5H,2-3H2,1H3,(H,16,17)(H,12,14,15). The van der Waals surface area contributed by atoms with Crippen molar-refractivity contribution in [1.29, 1.82) is 0 Å². The Kier molecular flexibility index (Phi) is 3.08. The largest absolute Gasteiger partial charge is 0.478 e. The summed E-state index contributed by atoms with van der Waals surface area (Å²) in [5.41, 5.74) is 1.16. The number of aromatic carboxylic acids is 1. The van der Waals surface area contributed by atoms with Crippen LogP contribution < -0.4 is 0 Å². The Labute approximate surface area is 96.9 Å². The van der Waals surface area contributed by atoms with Gasteiger partial charge in [0.25, 0.3) is 0 Å². The van der Waals surface area contributed by atoms with Gasteiger partial charge in [-0.15, -0.1) is 0 Å². The van der Waals surface area contributed by atoms with Gasteiger partial charge in [-0.25, -0.2) is 14.8 Å². The molecular formula is C10H11N5O2. The molecule has 0 aliphatic rings. The Balaban J connectivity index is 2.45. The molecule has 0 amide bonds. The molecule has 7 nitrogen and oxygen atoms in total. The Bertz CT molecular complexity index is 523. The van der Waals surface area contributed by atoms with Gasteiger partial charge in [-0.3, -0.25) is 0 Å². The van der Waals surface area contributed by atoms with E-state index in [1.54, 1.807) is 0 Å². The Morgan fingerprint density at radius 1 is 1.47 bits per heavy atom. The molecule has 0 bridgehead atoms. The minimum atomic E-state index is -1.01. The van der Waals surface area contributed by atoms with Gasteiger partial charge in [-0.1, -0.05) is 13.3 Å². The molecule has 2 heterocycles. The molecule has 0 aliphatic carbocycles. The van der Waals surface area contributed by atoms with Crippen LogP contribution >= 0.6 is 0 Å². The van der Waals surface area contributed by atoms with Crippen LogP contribution in [0.5, 0.6) is 0 Å². The third kappa shape index (κ3) is 2.27. The van der Waals surface area contributed by atoms with Gasteiger partial charge in [0.2, 0.25) is 0 Å². The lowest BCUT2D eigenvalue weighted by Crippen LogP contribution is -2.07. The van der Waals surface area contributed by atoms with Gasteiger partial charge < -0.3 is 5.11 Å². The monoisotopic (exact) mass is 233 g/mol. The molecule has 0 spiro atoms. The Hall–Kier alpha value is -2.31. The minimum absolute atomic E-state index is 0.138. The van der Waals surface area contributed by atoms with E-state index in [9.17, 15) is 4.79 Å². The van der Waals surface area contributed by atoms with E-state index in [2.05, 4.69) is 25.4 Å². The summed E-state index contributed by atoms with van der Waals surface area (Å²) in [6, 6.07) is 0. The van der Waals surface area contributed by atoms with Crippen LogP contribution in [0.2, 0.25) is 0 Å². The highest BCUT2D eigenvalue weighted by Crippen LogP contribution is 2.14. The first-order chi connectivity index (χ1) is 8.22. The van der Waals surface area contributed by atoms with Gasteiger partial charge in [0.05, 0.1) is 17.5 Å². The molecule has 0 atom stereocenters. The highest BCUT2D eigenvalue weighted by atomic mass is 16.4. The summed E-state index contributed by atoms with van der Waals surface area (Å²) in [5, 5.41) is 19.0. The summed E-state index contributed by atoms with van der Waals surface area (Å²) in [4.78, 5) is 19.2. The quantitative estimate of drug-likeness (QED) is 0.813. The van der Waals surface area contributed by atoms with E-state index >= 15 is 0 Å². The number of carboxylic acids is 1. The number of carbonyl (C=O) groups is 1. The zero-order chi connectivity index (χ0) is 12.3. The van der Waals surface area contributed by atoms with E-state index in [-0.39, 0.29) is 5.56 Å². The molecular weight excluding hydrogens is 222 g/mol. The number of hydrogen-bond acceptors (Lipinski definition) is 5. The van der Waals surface area contributed by atoms with Crippen molar-refractivity contribution >= 4 is 5.97 Å². The summed E-state index contributed by atoms with van der Waals surface area (Å²) in [7, 11) is 0. The van der Waals surface area contributed by atoms with Gasteiger partial charge in [0.15, 0.2) is 5.82 Å². The highest BCUT2D eigenvalue weighted by Gasteiger charge is 2.14. The summed E-state index contributed by atoms with van der Waals surface area (Å²) in [6.45, 7) is 1.96. The first-order valence-electron chi connectivity index (χ1n) is 5.17. The second-order valence-corrected chi connectivity index (χ2v) is 3.46. The van der Waals surface area contributed by atoms with E-state index in [1.165, 1.54) is 12.4 Å². The molecule has 0 fully saturated rings. The van der Waals surface area contributed by atoms with Crippen molar-refractivity contribution in [3.63, 3.8) is 0 Å². The number of aryl methyl sites for hydroxylation is 1. The van der Waals surface area contributed by atoms with Crippen molar-refractivity contribution in [2.75, 3.05) is 0 Å². The van der Waals surface area contributed by atoms with Crippen LogP contribution in [0.25, 0.3) is 11.5 Å².